The number of hydrogen-bond acceptors (Lipinski definition) is 6. The minimum Gasteiger partial charge on any atom is -0.493 e. The number of unbranched alkanes of at least 4 members (excludes halogenated alkanes) is 1. The summed E-state index contributed by atoms with van der Waals surface area (Å²) in [6.45, 7) is 4.56. The maximum atomic E-state index is 12.4. The molecule has 8 heteroatoms. The summed E-state index contributed by atoms with van der Waals surface area (Å²) in [6.07, 6.45) is 3.73. The first-order valence-corrected chi connectivity index (χ1v) is 10.7. The van der Waals surface area contributed by atoms with E-state index in [0.717, 1.165) is 35.7 Å². The van der Waals surface area contributed by atoms with Gasteiger partial charge in [-0.3, -0.25) is 4.79 Å². The third kappa shape index (κ3) is 5.67. The number of aromatic carboxylic acids is 1. The first-order valence-electron chi connectivity index (χ1n) is 9.85. The Morgan fingerprint density at radius 1 is 1.23 bits per heavy atom. The average molecular weight is 441 g/mol. The predicted molar refractivity (Wildman–Crippen MR) is 122 cm³/mol. The van der Waals surface area contributed by atoms with Crippen molar-refractivity contribution in [2.24, 2.45) is 4.99 Å². The molecule has 0 unspecified atom stereocenters. The molecule has 1 amide bonds. The van der Waals surface area contributed by atoms with Gasteiger partial charge in [0.2, 0.25) is 0 Å². The molecular weight excluding hydrogens is 416 g/mol. The van der Waals surface area contributed by atoms with Gasteiger partial charge in [0.1, 0.15) is 0 Å². The molecule has 1 fully saturated rings. The lowest BCUT2D eigenvalue weighted by molar-refractivity contribution is -0.115. The van der Waals surface area contributed by atoms with Crippen LogP contribution < -0.4 is 14.8 Å². The van der Waals surface area contributed by atoms with E-state index in [0.29, 0.717) is 33.9 Å². The molecule has 0 spiro atoms. The van der Waals surface area contributed by atoms with E-state index < -0.39 is 5.97 Å². The van der Waals surface area contributed by atoms with Gasteiger partial charge in [0.25, 0.3) is 5.91 Å². The van der Waals surface area contributed by atoms with E-state index in [1.165, 1.54) is 6.07 Å². The molecule has 3 rings (SSSR count). The number of benzene rings is 2. The van der Waals surface area contributed by atoms with E-state index in [9.17, 15) is 14.7 Å². The van der Waals surface area contributed by atoms with Gasteiger partial charge >= 0.3 is 5.97 Å². The highest BCUT2D eigenvalue weighted by Crippen LogP contribution is 2.33. The number of nitrogens with one attached hydrogen (secondary N) is 1. The highest BCUT2D eigenvalue weighted by Gasteiger charge is 2.24. The summed E-state index contributed by atoms with van der Waals surface area (Å²) in [4.78, 5) is 28.7. The Kier molecular flexibility index (Phi) is 7.36. The Morgan fingerprint density at radius 3 is 2.74 bits per heavy atom. The second kappa shape index (κ2) is 10.2. The predicted octanol–water partition coefficient (Wildman–Crippen LogP) is 4.77. The molecule has 0 aliphatic carbocycles. The molecule has 0 saturated carbocycles. The van der Waals surface area contributed by atoms with E-state index in [2.05, 4.69) is 17.2 Å². The third-order valence-corrected chi connectivity index (χ3v) is 5.41. The molecule has 162 valence electrons. The number of thioether (sulfide) groups is 1. The van der Waals surface area contributed by atoms with Crippen molar-refractivity contribution in [2.75, 3.05) is 13.7 Å². The Morgan fingerprint density at radius 2 is 2.03 bits per heavy atom. The molecule has 1 heterocycles. The minimum atomic E-state index is -1.07. The number of amides is 1. The quantitative estimate of drug-likeness (QED) is 0.453. The number of aliphatic imine (C=N–C) groups is 1. The maximum absolute atomic E-state index is 12.4. The molecule has 1 aliphatic heterocycles. The van der Waals surface area contributed by atoms with Crippen molar-refractivity contribution in [3.05, 3.63) is 58.0 Å². The Labute approximate surface area is 185 Å². The van der Waals surface area contributed by atoms with E-state index in [4.69, 9.17) is 9.47 Å². The van der Waals surface area contributed by atoms with Gasteiger partial charge in [-0.15, -0.1) is 0 Å². The van der Waals surface area contributed by atoms with E-state index >= 15 is 0 Å². The summed E-state index contributed by atoms with van der Waals surface area (Å²) < 4.78 is 11.2. The van der Waals surface area contributed by atoms with E-state index in [1.807, 2.05) is 19.1 Å². The first-order chi connectivity index (χ1) is 14.9. The van der Waals surface area contributed by atoms with Crippen LogP contribution >= 0.6 is 11.8 Å². The Hall–Kier alpha value is -3.26. The number of nitrogens with zero attached hydrogens (tertiary/aromatic N) is 1. The van der Waals surface area contributed by atoms with Crippen molar-refractivity contribution >= 4 is 40.6 Å². The van der Waals surface area contributed by atoms with Crippen molar-refractivity contribution in [2.45, 2.75) is 26.7 Å². The number of carbonyl (C=O) groups is 2. The molecule has 2 aromatic rings. The standard InChI is InChI=1S/C23H24N2O5S/c1-4-5-10-30-18-9-7-15(12-19(18)29-3)13-20-21(26)25-23(31-20)24-17-11-14(2)6-8-16(17)22(27)28/h6-9,11-13H,4-5,10H2,1-3H3,(H,27,28)(H,24,25,26)/b20-13-. The fourth-order valence-corrected chi connectivity index (χ4v) is 3.71. The highest BCUT2D eigenvalue weighted by molar-refractivity contribution is 8.18. The zero-order valence-electron chi connectivity index (χ0n) is 17.6. The summed E-state index contributed by atoms with van der Waals surface area (Å²) in [6, 6.07) is 10.4. The minimum absolute atomic E-state index is 0.0776. The van der Waals surface area contributed by atoms with Crippen molar-refractivity contribution in [3.8, 4) is 11.5 Å². The number of carboxylic acids is 1. The van der Waals surface area contributed by atoms with E-state index in [-0.39, 0.29) is 11.5 Å². The molecule has 1 aliphatic rings. The molecule has 0 bridgehead atoms. The molecule has 0 aromatic heterocycles. The van der Waals surface area contributed by atoms with Crippen LogP contribution in [0.15, 0.2) is 46.3 Å². The van der Waals surface area contributed by atoms with E-state index in [1.54, 1.807) is 31.4 Å². The van der Waals surface area contributed by atoms with Gasteiger partial charge in [0, 0.05) is 0 Å². The number of amidine groups is 1. The lowest BCUT2D eigenvalue weighted by atomic mass is 10.1. The van der Waals surface area contributed by atoms with Gasteiger partial charge in [-0.25, -0.2) is 9.79 Å². The van der Waals surface area contributed by atoms with Gasteiger partial charge in [-0.1, -0.05) is 25.5 Å². The number of hydrogen-bond donors (Lipinski definition) is 2. The number of ether oxygens (including phenoxy) is 2. The summed E-state index contributed by atoms with van der Waals surface area (Å²) in [5.41, 5.74) is 2.03. The lowest BCUT2D eigenvalue weighted by Crippen LogP contribution is -2.19. The second-order valence-electron chi connectivity index (χ2n) is 6.92. The number of carboxylic acid groups (broad SMARTS) is 1. The smallest absolute Gasteiger partial charge is 0.337 e. The Balaban J connectivity index is 1.83. The topological polar surface area (TPSA) is 97.2 Å². The molecular formula is C23H24N2O5S. The van der Waals surface area contributed by atoms with Gasteiger partial charge in [0.15, 0.2) is 16.7 Å². The zero-order chi connectivity index (χ0) is 22.4. The van der Waals surface area contributed by atoms with Crippen LogP contribution in [0.1, 0.15) is 41.3 Å². The summed E-state index contributed by atoms with van der Waals surface area (Å²) in [7, 11) is 1.57. The molecule has 1 saturated heterocycles. The van der Waals surface area contributed by atoms with Gasteiger partial charge in [-0.05, 0) is 66.6 Å². The molecule has 0 atom stereocenters. The van der Waals surface area contributed by atoms with Crippen molar-refractivity contribution in [3.63, 3.8) is 0 Å². The molecule has 31 heavy (non-hydrogen) atoms. The van der Waals surface area contributed by atoms with Crippen LogP contribution in [-0.2, 0) is 4.79 Å². The normalized spacial score (nSPS) is 15.9. The number of aryl methyl sites for hydroxylation is 1. The van der Waals surface area contributed by atoms with Crippen molar-refractivity contribution in [1.82, 2.24) is 5.32 Å². The summed E-state index contributed by atoms with van der Waals surface area (Å²) in [5.74, 6) is -0.119. The van der Waals surface area contributed by atoms with Crippen LogP contribution in [0.5, 0.6) is 11.5 Å². The monoisotopic (exact) mass is 440 g/mol. The molecule has 2 N–H and O–H groups in total. The summed E-state index contributed by atoms with van der Waals surface area (Å²) >= 11 is 1.15. The average Bonchev–Trinajstić information content (AvgIpc) is 3.07. The summed E-state index contributed by atoms with van der Waals surface area (Å²) in [5, 5.41) is 12.4. The van der Waals surface area contributed by atoms with Crippen LogP contribution in [0.3, 0.4) is 0 Å². The maximum Gasteiger partial charge on any atom is 0.337 e. The zero-order valence-corrected chi connectivity index (χ0v) is 18.4. The molecule has 7 nitrogen and oxygen atoms in total. The Bertz CT molecular complexity index is 1060. The van der Waals surface area contributed by atoms with Crippen LogP contribution in [0.2, 0.25) is 0 Å². The first kappa shape index (κ1) is 22.4. The van der Waals surface area contributed by atoms with Crippen LogP contribution in [0.25, 0.3) is 6.08 Å². The number of methoxy groups -OCH3 is 1. The number of rotatable bonds is 8. The SMILES string of the molecule is CCCCOc1ccc(/C=C2\SC(=Nc3cc(C)ccc3C(=O)O)NC2=O)cc1OC. The largest absolute Gasteiger partial charge is 0.493 e. The van der Waals surface area contributed by atoms with Crippen molar-refractivity contribution in [1.29, 1.82) is 0 Å². The molecule has 0 radical (unpaired) electrons. The van der Waals surface area contributed by atoms with Crippen LogP contribution in [-0.4, -0.2) is 35.9 Å². The fraction of sp³-hybridized carbons (Fsp3) is 0.261. The van der Waals surface area contributed by atoms with Gasteiger partial charge in [0.05, 0.1) is 29.9 Å². The fourth-order valence-electron chi connectivity index (χ4n) is 2.88. The van der Waals surface area contributed by atoms with Gasteiger partial charge < -0.3 is 19.9 Å². The van der Waals surface area contributed by atoms with Crippen LogP contribution in [0.4, 0.5) is 5.69 Å². The number of carbonyl (C=O) groups excluding carboxylic acids is 1. The second-order valence-corrected chi connectivity index (χ2v) is 7.95. The van der Waals surface area contributed by atoms with Gasteiger partial charge in [-0.2, -0.15) is 0 Å². The third-order valence-electron chi connectivity index (χ3n) is 4.50. The lowest BCUT2D eigenvalue weighted by Gasteiger charge is -2.11. The van der Waals surface area contributed by atoms with Crippen molar-refractivity contribution < 1.29 is 24.2 Å². The van der Waals surface area contributed by atoms with Crippen LogP contribution in [0, 0.1) is 6.92 Å². The molecule has 2 aromatic carbocycles. The highest BCUT2D eigenvalue weighted by atomic mass is 32.2.